The Morgan fingerprint density at radius 3 is 2.72 bits per heavy atom. The molecule has 0 unspecified atom stereocenters. The van der Waals surface area contributed by atoms with Crippen LogP contribution in [0.3, 0.4) is 0 Å². The SMILES string of the molecule is CCCCC(=O)NN=Cc1c(O)n(Cc2ccccc2)c(=O)[nH]c1=O. The van der Waals surface area contributed by atoms with Gasteiger partial charge in [-0.25, -0.2) is 10.2 Å². The fourth-order valence-electron chi connectivity index (χ4n) is 2.17. The van der Waals surface area contributed by atoms with Crippen LogP contribution in [0.2, 0.25) is 0 Å². The van der Waals surface area contributed by atoms with Gasteiger partial charge in [0.15, 0.2) is 0 Å². The van der Waals surface area contributed by atoms with Gasteiger partial charge in [0, 0.05) is 6.42 Å². The van der Waals surface area contributed by atoms with Gasteiger partial charge in [-0.1, -0.05) is 43.7 Å². The molecule has 0 bridgehead atoms. The van der Waals surface area contributed by atoms with Crippen molar-refractivity contribution in [1.82, 2.24) is 15.0 Å². The molecule has 0 spiro atoms. The molecule has 0 aliphatic rings. The first-order valence-electron chi connectivity index (χ1n) is 7.94. The summed E-state index contributed by atoms with van der Waals surface area (Å²) in [6.45, 7) is 2.05. The van der Waals surface area contributed by atoms with Crippen LogP contribution in [-0.4, -0.2) is 26.8 Å². The van der Waals surface area contributed by atoms with E-state index in [0.29, 0.717) is 6.42 Å². The van der Waals surface area contributed by atoms with Crippen LogP contribution in [0.25, 0.3) is 0 Å². The number of aromatic hydroxyl groups is 1. The largest absolute Gasteiger partial charge is 0.494 e. The molecule has 2 rings (SSSR count). The highest BCUT2D eigenvalue weighted by molar-refractivity contribution is 5.84. The van der Waals surface area contributed by atoms with E-state index >= 15 is 0 Å². The molecule has 0 aliphatic heterocycles. The van der Waals surface area contributed by atoms with E-state index in [0.717, 1.165) is 29.2 Å². The third-order valence-corrected chi connectivity index (χ3v) is 3.53. The Morgan fingerprint density at radius 1 is 1.32 bits per heavy atom. The Hall–Kier alpha value is -3.16. The highest BCUT2D eigenvalue weighted by atomic mass is 16.3. The lowest BCUT2D eigenvalue weighted by Gasteiger charge is -2.09. The molecule has 1 amide bonds. The molecule has 0 radical (unpaired) electrons. The molecule has 25 heavy (non-hydrogen) atoms. The number of nitrogens with zero attached hydrogens (tertiary/aromatic N) is 2. The molecule has 8 heteroatoms. The molecule has 1 heterocycles. The van der Waals surface area contributed by atoms with Crippen LogP contribution in [0.5, 0.6) is 5.88 Å². The number of hydrazone groups is 1. The highest BCUT2D eigenvalue weighted by Gasteiger charge is 2.13. The van der Waals surface area contributed by atoms with E-state index in [4.69, 9.17) is 0 Å². The number of amides is 1. The van der Waals surface area contributed by atoms with Crippen molar-refractivity contribution in [2.24, 2.45) is 5.10 Å². The van der Waals surface area contributed by atoms with Crippen LogP contribution < -0.4 is 16.7 Å². The summed E-state index contributed by atoms with van der Waals surface area (Å²) in [7, 11) is 0. The van der Waals surface area contributed by atoms with Gasteiger partial charge >= 0.3 is 5.69 Å². The third kappa shape index (κ3) is 4.90. The van der Waals surface area contributed by atoms with Crippen LogP contribution in [0.15, 0.2) is 45.0 Å². The average Bonchev–Trinajstić information content (AvgIpc) is 2.60. The Bertz CT molecular complexity index is 868. The lowest BCUT2D eigenvalue weighted by molar-refractivity contribution is -0.121. The van der Waals surface area contributed by atoms with E-state index in [1.165, 1.54) is 0 Å². The van der Waals surface area contributed by atoms with Crippen molar-refractivity contribution in [1.29, 1.82) is 0 Å². The van der Waals surface area contributed by atoms with Gasteiger partial charge in [-0.15, -0.1) is 0 Å². The number of carbonyl (C=O) groups is 1. The third-order valence-electron chi connectivity index (χ3n) is 3.53. The molecular formula is C17H20N4O4. The van der Waals surface area contributed by atoms with Gasteiger partial charge in [0.1, 0.15) is 5.56 Å². The Balaban J connectivity index is 2.24. The van der Waals surface area contributed by atoms with Gasteiger partial charge in [0.05, 0.1) is 12.8 Å². The highest BCUT2D eigenvalue weighted by Crippen LogP contribution is 2.10. The van der Waals surface area contributed by atoms with Crippen molar-refractivity contribution in [3.8, 4) is 5.88 Å². The first-order chi connectivity index (χ1) is 12.0. The molecule has 0 aliphatic carbocycles. The van der Waals surface area contributed by atoms with Gasteiger partial charge < -0.3 is 5.11 Å². The zero-order chi connectivity index (χ0) is 18.2. The molecule has 3 N–H and O–H groups in total. The summed E-state index contributed by atoms with van der Waals surface area (Å²) in [6.07, 6.45) is 2.96. The van der Waals surface area contributed by atoms with E-state index in [-0.39, 0.29) is 18.0 Å². The number of hydrogen-bond donors (Lipinski definition) is 3. The number of aromatic nitrogens is 2. The van der Waals surface area contributed by atoms with Gasteiger partial charge in [-0.05, 0) is 12.0 Å². The summed E-state index contributed by atoms with van der Waals surface area (Å²) in [5.74, 6) is -0.796. The van der Waals surface area contributed by atoms with Crippen molar-refractivity contribution in [3.63, 3.8) is 0 Å². The summed E-state index contributed by atoms with van der Waals surface area (Å²) >= 11 is 0. The minimum Gasteiger partial charge on any atom is -0.494 e. The van der Waals surface area contributed by atoms with E-state index in [9.17, 15) is 19.5 Å². The van der Waals surface area contributed by atoms with Crippen LogP contribution in [-0.2, 0) is 11.3 Å². The first-order valence-corrected chi connectivity index (χ1v) is 7.94. The summed E-state index contributed by atoms with van der Waals surface area (Å²) in [4.78, 5) is 37.5. The number of rotatable bonds is 7. The Labute approximate surface area is 143 Å². The minimum atomic E-state index is -0.779. The second-order valence-electron chi connectivity index (χ2n) is 5.47. The molecule has 0 saturated carbocycles. The molecule has 1 aromatic heterocycles. The lowest BCUT2D eigenvalue weighted by Crippen LogP contribution is -2.32. The molecule has 1 aromatic carbocycles. The van der Waals surface area contributed by atoms with E-state index < -0.39 is 17.1 Å². The van der Waals surface area contributed by atoms with Crippen LogP contribution in [0.4, 0.5) is 0 Å². The summed E-state index contributed by atoms with van der Waals surface area (Å²) in [6, 6.07) is 9.02. The van der Waals surface area contributed by atoms with Crippen LogP contribution in [0, 0.1) is 0 Å². The van der Waals surface area contributed by atoms with E-state index in [1.807, 2.05) is 13.0 Å². The molecule has 8 nitrogen and oxygen atoms in total. The second kappa shape index (κ2) is 8.62. The number of nitrogens with one attached hydrogen (secondary N) is 2. The van der Waals surface area contributed by atoms with Crippen molar-refractivity contribution in [2.45, 2.75) is 32.7 Å². The monoisotopic (exact) mass is 344 g/mol. The van der Waals surface area contributed by atoms with Crippen molar-refractivity contribution in [2.75, 3.05) is 0 Å². The Morgan fingerprint density at radius 2 is 2.04 bits per heavy atom. The maximum Gasteiger partial charge on any atom is 0.331 e. The predicted molar refractivity (Wildman–Crippen MR) is 93.8 cm³/mol. The van der Waals surface area contributed by atoms with Crippen molar-refractivity contribution in [3.05, 3.63) is 62.3 Å². The predicted octanol–water partition coefficient (Wildman–Crippen LogP) is 0.931. The number of benzene rings is 1. The summed E-state index contributed by atoms with van der Waals surface area (Å²) in [5, 5.41) is 13.9. The number of hydrogen-bond acceptors (Lipinski definition) is 5. The number of carbonyl (C=O) groups excluding carboxylic acids is 1. The molecule has 0 fully saturated rings. The molecule has 2 aromatic rings. The zero-order valence-electron chi connectivity index (χ0n) is 13.9. The van der Waals surface area contributed by atoms with Gasteiger partial charge in [0.2, 0.25) is 11.8 Å². The fraction of sp³-hybridized carbons (Fsp3) is 0.294. The zero-order valence-corrected chi connectivity index (χ0v) is 13.9. The first kappa shape index (κ1) is 18.2. The van der Waals surface area contributed by atoms with Crippen LogP contribution in [0.1, 0.15) is 37.3 Å². The summed E-state index contributed by atoms with van der Waals surface area (Å²) in [5.41, 5.74) is 1.36. The van der Waals surface area contributed by atoms with E-state index in [2.05, 4.69) is 15.5 Å². The average molecular weight is 344 g/mol. The number of H-pyrrole nitrogens is 1. The molecule has 132 valence electrons. The normalized spacial score (nSPS) is 10.9. The maximum absolute atomic E-state index is 12.0. The maximum atomic E-state index is 12.0. The lowest BCUT2D eigenvalue weighted by atomic mass is 10.2. The summed E-state index contributed by atoms with van der Waals surface area (Å²) < 4.78 is 1.02. The van der Waals surface area contributed by atoms with E-state index in [1.54, 1.807) is 24.3 Å². The second-order valence-corrected chi connectivity index (χ2v) is 5.47. The Kier molecular flexibility index (Phi) is 6.27. The quantitative estimate of drug-likeness (QED) is 0.512. The molecule has 0 saturated heterocycles. The van der Waals surface area contributed by atoms with Gasteiger partial charge in [-0.2, -0.15) is 5.10 Å². The van der Waals surface area contributed by atoms with Crippen molar-refractivity contribution >= 4 is 12.1 Å². The number of unbranched alkanes of at least 4 members (excludes halogenated alkanes) is 1. The number of aromatic amines is 1. The standard InChI is InChI=1S/C17H20N4O4/c1-2-3-9-14(22)20-18-10-13-15(23)19-17(25)21(16(13)24)11-12-7-5-4-6-8-12/h4-8,10,24H,2-3,9,11H2,1H3,(H,20,22)(H,19,23,25). The molecular weight excluding hydrogens is 324 g/mol. The van der Waals surface area contributed by atoms with Gasteiger partial charge in [-0.3, -0.25) is 19.1 Å². The fourth-order valence-corrected chi connectivity index (χ4v) is 2.17. The topological polar surface area (TPSA) is 117 Å². The smallest absolute Gasteiger partial charge is 0.331 e. The molecule has 0 atom stereocenters. The van der Waals surface area contributed by atoms with Gasteiger partial charge in [0.25, 0.3) is 5.56 Å². The van der Waals surface area contributed by atoms with Crippen molar-refractivity contribution < 1.29 is 9.90 Å². The van der Waals surface area contributed by atoms with Crippen LogP contribution >= 0.6 is 0 Å². The minimum absolute atomic E-state index is 0.0893.